The minimum absolute atomic E-state index is 0.181. The summed E-state index contributed by atoms with van der Waals surface area (Å²) >= 11 is 0. The molecule has 0 spiro atoms. The predicted octanol–water partition coefficient (Wildman–Crippen LogP) is -1.22. The predicted molar refractivity (Wildman–Crippen MR) is 30.4 cm³/mol. The van der Waals surface area contributed by atoms with Gasteiger partial charge in [0.25, 0.3) is 0 Å². The second kappa shape index (κ2) is 9.81. The molecule has 0 unspecified atom stereocenters. The monoisotopic (exact) mass is 132 g/mol. The molecule has 0 aromatic heterocycles. The lowest BCUT2D eigenvalue weighted by Crippen LogP contribution is -2.04. The zero-order chi connectivity index (χ0) is 7.70. The fourth-order valence-corrected chi connectivity index (χ4v) is 0. The highest BCUT2D eigenvalue weighted by Gasteiger charge is 1.69. The van der Waals surface area contributed by atoms with Gasteiger partial charge in [0.05, 0.1) is 0 Å². The zero-order valence-electron chi connectivity index (χ0n) is 4.70. The number of primary amides is 1. The quantitative estimate of drug-likeness (QED) is 0.190. The number of rotatable bonds is 2. The van der Waals surface area contributed by atoms with Gasteiger partial charge in [-0.15, -0.1) is 0 Å². The molecule has 0 radical (unpaired) electrons. The van der Waals surface area contributed by atoms with Gasteiger partial charge in [-0.25, -0.2) is 5.48 Å². The van der Waals surface area contributed by atoms with Gasteiger partial charge in [0.15, 0.2) is 0 Å². The van der Waals surface area contributed by atoms with Gasteiger partial charge in [0.1, 0.15) is 0 Å². The third kappa shape index (κ3) is 53.2. The maximum atomic E-state index is 9.47. The van der Waals surface area contributed by atoms with Gasteiger partial charge < -0.3 is 5.73 Å². The summed E-state index contributed by atoms with van der Waals surface area (Å²) in [7, 11) is 0. The van der Waals surface area contributed by atoms with Crippen LogP contribution in [0.2, 0.25) is 0 Å². The van der Waals surface area contributed by atoms with Crippen LogP contribution in [0.1, 0.15) is 0 Å². The topological polar surface area (TPSA) is 92.4 Å². The molecule has 2 amide bonds. The van der Waals surface area contributed by atoms with Crippen molar-refractivity contribution in [3.05, 3.63) is 12.7 Å². The van der Waals surface area contributed by atoms with E-state index < -0.39 is 5.91 Å². The van der Waals surface area contributed by atoms with Crippen LogP contribution >= 0.6 is 0 Å². The molecule has 0 aromatic carbocycles. The van der Waals surface area contributed by atoms with Gasteiger partial charge in [-0.2, -0.15) is 0 Å². The summed E-state index contributed by atoms with van der Waals surface area (Å²) in [6, 6.07) is 0. The largest absolute Gasteiger partial charge is 0.366 e. The summed E-state index contributed by atoms with van der Waals surface area (Å²) < 4.78 is 0. The Balaban J connectivity index is 0. The van der Waals surface area contributed by atoms with Crippen molar-refractivity contribution in [2.75, 3.05) is 0 Å². The number of nitrogens with two attached hydrogens (primary N) is 1. The van der Waals surface area contributed by atoms with Crippen molar-refractivity contribution in [2.24, 2.45) is 5.73 Å². The first-order valence-corrected chi connectivity index (χ1v) is 1.94. The molecule has 0 saturated heterocycles. The summed E-state index contributed by atoms with van der Waals surface area (Å²) in [4.78, 5) is 18.3. The molecule has 0 aliphatic heterocycles. The lowest BCUT2D eigenvalue weighted by molar-refractivity contribution is -0.116. The summed E-state index contributed by atoms with van der Waals surface area (Å²) in [5, 5.41) is 7.26. The lowest BCUT2D eigenvalue weighted by atomic mass is 10.6. The minimum atomic E-state index is -0.481. The Kier molecular flexibility index (Phi) is 11.5. The molecular weight excluding hydrogens is 124 g/mol. The van der Waals surface area contributed by atoms with Crippen LogP contribution in [0.15, 0.2) is 12.7 Å². The number of hydrogen-bond donors (Lipinski definition) is 3. The van der Waals surface area contributed by atoms with Gasteiger partial charge in [-0.05, 0) is 6.08 Å². The Morgan fingerprint density at radius 3 is 2.00 bits per heavy atom. The first-order valence-electron chi connectivity index (χ1n) is 1.94. The van der Waals surface area contributed by atoms with Crippen molar-refractivity contribution < 1.29 is 14.8 Å². The molecule has 0 bridgehead atoms. The van der Waals surface area contributed by atoms with E-state index in [1.165, 1.54) is 5.48 Å². The van der Waals surface area contributed by atoms with E-state index >= 15 is 0 Å². The van der Waals surface area contributed by atoms with E-state index in [9.17, 15) is 4.79 Å². The second-order valence-corrected chi connectivity index (χ2v) is 0.853. The van der Waals surface area contributed by atoms with Gasteiger partial charge in [0, 0.05) is 0 Å². The first kappa shape index (κ1) is 10.6. The zero-order valence-corrected chi connectivity index (χ0v) is 4.70. The number of carbonyl (C=O) groups excluding carboxylic acids is 2. The van der Waals surface area contributed by atoms with Gasteiger partial charge in [-0.3, -0.25) is 14.8 Å². The average molecular weight is 132 g/mol. The lowest BCUT2D eigenvalue weighted by Gasteiger charge is -1.65. The highest BCUT2D eigenvalue weighted by atomic mass is 16.5. The standard InChI is InChI=1S/C3H5NO.CH3NO2/c1-2-3(4)5;3-1-2-4/h2H,1H2,(H2,4,5);1,4H,(H,2,3). The van der Waals surface area contributed by atoms with Gasteiger partial charge >= 0.3 is 0 Å². The summed E-state index contributed by atoms with van der Waals surface area (Å²) in [6.07, 6.45) is 1.24. The Hall–Kier alpha value is -1.36. The molecule has 52 valence electrons. The molecule has 0 aliphatic carbocycles. The Morgan fingerprint density at radius 1 is 1.78 bits per heavy atom. The van der Waals surface area contributed by atoms with Crippen molar-refractivity contribution in [2.45, 2.75) is 0 Å². The number of hydrogen-bond acceptors (Lipinski definition) is 3. The van der Waals surface area contributed by atoms with E-state index in [2.05, 4.69) is 12.3 Å². The van der Waals surface area contributed by atoms with Crippen molar-refractivity contribution in [1.82, 2.24) is 5.48 Å². The van der Waals surface area contributed by atoms with E-state index in [4.69, 9.17) is 10.0 Å². The normalized spacial score (nSPS) is 5.89. The van der Waals surface area contributed by atoms with Crippen molar-refractivity contribution >= 4 is 12.3 Å². The number of carbonyl (C=O) groups is 2. The van der Waals surface area contributed by atoms with E-state index in [-0.39, 0.29) is 6.41 Å². The van der Waals surface area contributed by atoms with Crippen LogP contribution in [-0.4, -0.2) is 17.5 Å². The molecule has 0 rings (SSSR count). The summed E-state index contributed by atoms with van der Waals surface area (Å²) in [5.74, 6) is -0.481. The van der Waals surface area contributed by atoms with E-state index in [0.717, 1.165) is 6.08 Å². The van der Waals surface area contributed by atoms with Crippen LogP contribution in [0.3, 0.4) is 0 Å². The third-order valence-corrected chi connectivity index (χ3v) is 0.254. The minimum Gasteiger partial charge on any atom is -0.366 e. The number of nitrogens with one attached hydrogen (secondary N) is 1. The van der Waals surface area contributed by atoms with Crippen LogP contribution in [0.5, 0.6) is 0 Å². The molecule has 4 N–H and O–H groups in total. The van der Waals surface area contributed by atoms with Crippen LogP contribution in [0.4, 0.5) is 0 Å². The van der Waals surface area contributed by atoms with Gasteiger partial charge in [0.2, 0.25) is 12.3 Å². The molecule has 5 heteroatoms. The number of hydroxylamine groups is 1. The maximum Gasteiger partial charge on any atom is 0.240 e. The highest BCUT2D eigenvalue weighted by molar-refractivity contribution is 5.84. The van der Waals surface area contributed by atoms with Crippen LogP contribution in [0, 0.1) is 0 Å². The van der Waals surface area contributed by atoms with E-state index in [1.807, 2.05) is 0 Å². The molecule has 0 atom stereocenters. The third-order valence-electron chi connectivity index (χ3n) is 0.254. The fourth-order valence-electron chi connectivity index (χ4n) is 0. The Labute approximate surface area is 52.1 Å². The van der Waals surface area contributed by atoms with Crippen molar-refractivity contribution in [1.29, 1.82) is 0 Å². The second-order valence-electron chi connectivity index (χ2n) is 0.853. The van der Waals surface area contributed by atoms with Crippen LogP contribution in [-0.2, 0) is 9.59 Å². The van der Waals surface area contributed by atoms with Crippen LogP contribution < -0.4 is 11.2 Å². The first-order chi connectivity index (χ1) is 4.18. The SMILES string of the molecule is C=CC(N)=O.O=CNO. The molecular formula is C4H8N2O3. The molecule has 0 fully saturated rings. The maximum absolute atomic E-state index is 9.47. The Morgan fingerprint density at radius 2 is 2.00 bits per heavy atom. The molecule has 0 heterocycles. The summed E-state index contributed by atoms with van der Waals surface area (Å²) in [5.41, 5.74) is 5.78. The molecule has 0 aliphatic rings. The van der Waals surface area contributed by atoms with Crippen LogP contribution in [0.25, 0.3) is 0 Å². The van der Waals surface area contributed by atoms with Gasteiger partial charge in [-0.1, -0.05) is 6.58 Å². The summed E-state index contributed by atoms with van der Waals surface area (Å²) in [6.45, 7) is 3.09. The number of amides is 2. The highest BCUT2D eigenvalue weighted by Crippen LogP contribution is 1.48. The molecule has 9 heavy (non-hydrogen) atoms. The molecule has 5 nitrogen and oxygen atoms in total. The Bertz CT molecular complexity index is 102. The fraction of sp³-hybridized carbons (Fsp3) is 0. The molecule has 0 saturated carbocycles. The van der Waals surface area contributed by atoms with E-state index in [0.29, 0.717) is 0 Å². The average Bonchev–Trinajstić information content (AvgIpc) is 1.89. The smallest absolute Gasteiger partial charge is 0.240 e. The van der Waals surface area contributed by atoms with Crippen molar-refractivity contribution in [3.63, 3.8) is 0 Å². The van der Waals surface area contributed by atoms with Crippen molar-refractivity contribution in [3.8, 4) is 0 Å². The van der Waals surface area contributed by atoms with E-state index in [1.54, 1.807) is 0 Å². The molecule has 0 aromatic rings.